The van der Waals surface area contributed by atoms with Gasteiger partial charge < -0.3 is 15.2 Å². The van der Waals surface area contributed by atoms with E-state index in [-0.39, 0.29) is 23.7 Å². The third-order valence-electron chi connectivity index (χ3n) is 3.73. The SMILES string of the molecule is COc1cc(Br)cc(/C=C2/NC(=O)N(Cc3ccccc3)C2=O)c1O. The standard InChI is InChI=1S/C18H15BrN2O4/c1-25-15-9-13(19)7-12(16(15)22)8-14-17(23)21(18(24)20-14)10-11-5-3-2-4-6-11/h2-9,22H,10H2,1H3,(H,20,24)/b14-8+. The molecule has 3 rings (SSSR count). The number of aromatic hydroxyl groups is 1. The Hall–Kier alpha value is -2.80. The van der Waals surface area contributed by atoms with Gasteiger partial charge in [-0.3, -0.25) is 9.69 Å². The third-order valence-corrected chi connectivity index (χ3v) is 4.19. The zero-order valence-corrected chi connectivity index (χ0v) is 14.9. The van der Waals surface area contributed by atoms with Crippen LogP contribution < -0.4 is 10.1 Å². The van der Waals surface area contributed by atoms with Crippen molar-refractivity contribution in [1.29, 1.82) is 0 Å². The number of nitrogens with one attached hydrogen (secondary N) is 1. The molecule has 1 fully saturated rings. The molecule has 1 aliphatic heterocycles. The molecule has 1 saturated heterocycles. The van der Waals surface area contributed by atoms with E-state index in [4.69, 9.17) is 4.74 Å². The van der Waals surface area contributed by atoms with Crippen LogP contribution in [0.4, 0.5) is 4.79 Å². The van der Waals surface area contributed by atoms with Gasteiger partial charge in [-0.1, -0.05) is 46.3 Å². The predicted octanol–water partition coefficient (Wildman–Crippen LogP) is 3.26. The second kappa shape index (κ2) is 6.98. The first-order valence-electron chi connectivity index (χ1n) is 7.44. The molecule has 2 aromatic rings. The van der Waals surface area contributed by atoms with Crippen molar-refractivity contribution in [2.75, 3.05) is 7.11 Å². The van der Waals surface area contributed by atoms with Crippen molar-refractivity contribution in [2.45, 2.75) is 6.54 Å². The molecule has 0 aromatic heterocycles. The number of nitrogens with zero attached hydrogens (tertiary/aromatic N) is 1. The Balaban J connectivity index is 1.89. The molecule has 0 aliphatic carbocycles. The van der Waals surface area contributed by atoms with Gasteiger partial charge in [0.2, 0.25) is 0 Å². The van der Waals surface area contributed by atoms with Gasteiger partial charge in [-0.05, 0) is 23.8 Å². The van der Waals surface area contributed by atoms with Gasteiger partial charge in [0.15, 0.2) is 11.5 Å². The number of imide groups is 1. The molecular weight excluding hydrogens is 388 g/mol. The van der Waals surface area contributed by atoms with Gasteiger partial charge in [0.05, 0.1) is 13.7 Å². The monoisotopic (exact) mass is 402 g/mol. The number of carbonyl (C=O) groups excluding carboxylic acids is 2. The highest BCUT2D eigenvalue weighted by molar-refractivity contribution is 9.10. The lowest BCUT2D eigenvalue weighted by atomic mass is 10.1. The fourth-order valence-corrected chi connectivity index (χ4v) is 2.95. The molecule has 0 atom stereocenters. The van der Waals surface area contributed by atoms with Crippen molar-refractivity contribution in [3.05, 3.63) is 63.8 Å². The van der Waals surface area contributed by atoms with E-state index in [0.717, 1.165) is 10.5 Å². The number of rotatable bonds is 4. The summed E-state index contributed by atoms with van der Waals surface area (Å²) in [4.78, 5) is 25.8. The van der Waals surface area contributed by atoms with E-state index in [1.54, 1.807) is 12.1 Å². The number of methoxy groups -OCH3 is 1. The number of phenols is 1. The molecule has 2 N–H and O–H groups in total. The summed E-state index contributed by atoms with van der Waals surface area (Å²) in [5, 5.41) is 12.7. The highest BCUT2D eigenvalue weighted by Crippen LogP contribution is 2.35. The summed E-state index contributed by atoms with van der Waals surface area (Å²) < 4.78 is 5.76. The molecule has 0 radical (unpaired) electrons. The van der Waals surface area contributed by atoms with E-state index in [2.05, 4.69) is 21.2 Å². The summed E-state index contributed by atoms with van der Waals surface area (Å²) >= 11 is 3.32. The van der Waals surface area contributed by atoms with E-state index in [9.17, 15) is 14.7 Å². The molecule has 2 aromatic carbocycles. The normalized spacial score (nSPS) is 15.6. The molecule has 1 aliphatic rings. The fraction of sp³-hybridized carbons (Fsp3) is 0.111. The molecule has 0 bridgehead atoms. The van der Waals surface area contributed by atoms with Crippen LogP contribution in [-0.4, -0.2) is 29.1 Å². The number of ether oxygens (including phenoxy) is 1. The lowest BCUT2D eigenvalue weighted by molar-refractivity contribution is -0.123. The molecule has 25 heavy (non-hydrogen) atoms. The van der Waals surface area contributed by atoms with Crippen LogP contribution in [0.1, 0.15) is 11.1 Å². The number of benzene rings is 2. The van der Waals surface area contributed by atoms with Crippen molar-refractivity contribution in [1.82, 2.24) is 10.2 Å². The van der Waals surface area contributed by atoms with Crippen LogP contribution in [0.25, 0.3) is 6.08 Å². The average Bonchev–Trinajstić information content (AvgIpc) is 2.86. The Labute approximate surface area is 152 Å². The molecule has 0 saturated carbocycles. The largest absolute Gasteiger partial charge is 0.504 e. The van der Waals surface area contributed by atoms with E-state index in [1.807, 2.05) is 30.3 Å². The lowest BCUT2D eigenvalue weighted by Gasteiger charge is -2.11. The van der Waals surface area contributed by atoms with Gasteiger partial charge in [0.1, 0.15) is 5.70 Å². The number of hydrogen-bond donors (Lipinski definition) is 2. The van der Waals surface area contributed by atoms with Crippen molar-refractivity contribution in [2.24, 2.45) is 0 Å². The molecule has 0 unspecified atom stereocenters. The number of phenolic OH excluding ortho intramolecular Hbond substituents is 1. The molecule has 3 amide bonds. The summed E-state index contributed by atoms with van der Waals surface area (Å²) in [6.45, 7) is 0.177. The Kier molecular flexibility index (Phi) is 4.76. The third kappa shape index (κ3) is 3.51. The van der Waals surface area contributed by atoms with Crippen molar-refractivity contribution in [3.63, 3.8) is 0 Å². The first-order valence-corrected chi connectivity index (χ1v) is 8.24. The van der Waals surface area contributed by atoms with E-state index < -0.39 is 11.9 Å². The Morgan fingerprint density at radius 3 is 2.64 bits per heavy atom. The summed E-state index contributed by atoms with van der Waals surface area (Å²) in [5.74, 6) is -0.298. The van der Waals surface area contributed by atoms with E-state index in [0.29, 0.717) is 10.0 Å². The van der Waals surface area contributed by atoms with Crippen LogP contribution >= 0.6 is 15.9 Å². The minimum absolute atomic E-state index is 0.0939. The van der Waals surface area contributed by atoms with Crippen LogP contribution in [0, 0.1) is 0 Å². The van der Waals surface area contributed by atoms with Gasteiger partial charge >= 0.3 is 6.03 Å². The van der Waals surface area contributed by atoms with Crippen LogP contribution in [-0.2, 0) is 11.3 Å². The van der Waals surface area contributed by atoms with Gasteiger partial charge in [-0.2, -0.15) is 0 Å². The van der Waals surface area contributed by atoms with Crippen molar-refractivity contribution < 1.29 is 19.4 Å². The minimum atomic E-state index is -0.499. The summed E-state index contributed by atoms with van der Waals surface area (Å²) in [5.41, 5.74) is 1.30. The topological polar surface area (TPSA) is 78.9 Å². The summed E-state index contributed by atoms with van der Waals surface area (Å²) in [6.07, 6.45) is 1.42. The number of carbonyl (C=O) groups is 2. The van der Waals surface area contributed by atoms with E-state index >= 15 is 0 Å². The van der Waals surface area contributed by atoms with Gasteiger partial charge in [0.25, 0.3) is 5.91 Å². The maximum Gasteiger partial charge on any atom is 0.329 e. The minimum Gasteiger partial charge on any atom is -0.504 e. The molecule has 0 spiro atoms. The molecular formula is C18H15BrN2O4. The zero-order valence-electron chi connectivity index (χ0n) is 13.3. The molecule has 6 nitrogen and oxygen atoms in total. The van der Waals surface area contributed by atoms with Gasteiger partial charge in [0, 0.05) is 10.0 Å². The average molecular weight is 403 g/mol. The van der Waals surface area contributed by atoms with Crippen molar-refractivity contribution in [3.8, 4) is 11.5 Å². The number of halogens is 1. The lowest BCUT2D eigenvalue weighted by Crippen LogP contribution is -2.30. The Morgan fingerprint density at radius 2 is 1.96 bits per heavy atom. The highest BCUT2D eigenvalue weighted by atomic mass is 79.9. The second-order valence-corrected chi connectivity index (χ2v) is 6.33. The van der Waals surface area contributed by atoms with Crippen LogP contribution in [0.3, 0.4) is 0 Å². The first-order chi connectivity index (χ1) is 12.0. The Morgan fingerprint density at radius 1 is 1.24 bits per heavy atom. The second-order valence-electron chi connectivity index (χ2n) is 5.41. The van der Waals surface area contributed by atoms with Crippen LogP contribution in [0.2, 0.25) is 0 Å². The number of hydrogen-bond acceptors (Lipinski definition) is 4. The quantitative estimate of drug-likeness (QED) is 0.607. The van der Waals surface area contributed by atoms with Crippen LogP contribution in [0.5, 0.6) is 11.5 Å². The van der Waals surface area contributed by atoms with Gasteiger partial charge in [-0.15, -0.1) is 0 Å². The Bertz CT molecular complexity index is 865. The number of urea groups is 1. The van der Waals surface area contributed by atoms with E-state index in [1.165, 1.54) is 13.2 Å². The zero-order chi connectivity index (χ0) is 18.0. The molecule has 1 heterocycles. The highest BCUT2D eigenvalue weighted by Gasteiger charge is 2.33. The maximum atomic E-state index is 12.5. The van der Waals surface area contributed by atoms with Crippen LogP contribution in [0.15, 0.2) is 52.6 Å². The summed E-state index contributed by atoms with van der Waals surface area (Å²) in [6, 6.07) is 12.0. The van der Waals surface area contributed by atoms with Crippen molar-refractivity contribution >= 4 is 33.9 Å². The fourth-order valence-electron chi connectivity index (χ4n) is 2.50. The summed E-state index contributed by atoms with van der Waals surface area (Å²) in [7, 11) is 1.43. The van der Waals surface area contributed by atoms with Gasteiger partial charge in [-0.25, -0.2) is 4.79 Å². The molecule has 7 heteroatoms. The smallest absolute Gasteiger partial charge is 0.329 e. The maximum absolute atomic E-state index is 12.5. The predicted molar refractivity (Wildman–Crippen MR) is 95.9 cm³/mol. The first kappa shape index (κ1) is 17.0. The number of amides is 3. The molecule has 128 valence electrons.